The lowest BCUT2D eigenvalue weighted by atomic mass is 10.2. The molecule has 0 saturated heterocycles. The van der Waals surface area contributed by atoms with Crippen LogP contribution in [0.15, 0.2) is 29.3 Å². The third-order valence-electron chi connectivity index (χ3n) is 3.47. The van der Waals surface area contributed by atoms with Crippen LogP contribution in [0.25, 0.3) is 11.5 Å². The van der Waals surface area contributed by atoms with Gasteiger partial charge in [0.15, 0.2) is 23.1 Å². The van der Waals surface area contributed by atoms with Crippen molar-refractivity contribution in [3.05, 3.63) is 36.2 Å². The maximum atomic E-state index is 12.4. The average molecular weight is 356 g/mol. The van der Waals surface area contributed by atoms with Gasteiger partial charge in [0.1, 0.15) is 17.7 Å². The van der Waals surface area contributed by atoms with Crippen LogP contribution in [0.4, 0.5) is 11.5 Å². The molecule has 0 atom stereocenters. The number of carbonyl (C=O) groups excluding carboxylic acids is 2. The Morgan fingerprint density at radius 3 is 3.00 bits per heavy atom. The molecule has 3 aromatic heterocycles. The molecule has 0 radical (unpaired) electrons. The summed E-state index contributed by atoms with van der Waals surface area (Å²) in [5.74, 6) is 0.647. The van der Waals surface area contributed by atoms with Crippen molar-refractivity contribution in [1.29, 1.82) is 0 Å². The first-order valence-corrected chi connectivity index (χ1v) is 7.33. The number of anilines is 2. The van der Waals surface area contributed by atoms with Gasteiger partial charge in [-0.25, -0.2) is 15.0 Å². The fourth-order valence-corrected chi connectivity index (χ4v) is 2.33. The van der Waals surface area contributed by atoms with E-state index in [0.717, 1.165) is 0 Å². The molecule has 0 bridgehead atoms. The Kier molecular flexibility index (Phi) is 4.60. The molecule has 3 aromatic rings. The highest BCUT2D eigenvalue weighted by atomic mass is 16.5. The average Bonchev–Trinajstić information content (AvgIpc) is 3.30. The summed E-state index contributed by atoms with van der Waals surface area (Å²) in [6, 6.07) is 1.67. The second kappa shape index (κ2) is 7.01. The first-order chi connectivity index (χ1) is 12.2. The highest BCUT2D eigenvalue weighted by molar-refractivity contribution is 6.06. The Labute approximate surface area is 147 Å². The molecule has 0 spiro atoms. The van der Waals surface area contributed by atoms with Gasteiger partial charge in [-0.2, -0.15) is 0 Å². The molecule has 0 aliphatic carbocycles. The van der Waals surface area contributed by atoms with Crippen LogP contribution >= 0.6 is 0 Å². The van der Waals surface area contributed by atoms with E-state index in [1.54, 1.807) is 18.5 Å². The molecular weight excluding hydrogens is 340 g/mol. The van der Waals surface area contributed by atoms with Crippen LogP contribution in [-0.4, -0.2) is 43.5 Å². The van der Waals surface area contributed by atoms with Crippen molar-refractivity contribution in [2.24, 2.45) is 0 Å². The molecular formula is C15H16N8O3. The van der Waals surface area contributed by atoms with Crippen LogP contribution in [-0.2, 0) is 11.3 Å². The number of aromatic nitrogens is 5. The number of imidazole rings is 1. The van der Waals surface area contributed by atoms with Gasteiger partial charge in [0.25, 0.3) is 5.91 Å². The molecule has 1 aliphatic heterocycles. The Morgan fingerprint density at radius 2 is 2.19 bits per heavy atom. The summed E-state index contributed by atoms with van der Waals surface area (Å²) in [6.45, 7) is 0.174. The van der Waals surface area contributed by atoms with E-state index >= 15 is 0 Å². The van der Waals surface area contributed by atoms with E-state index in [0.29, 0.717) is 23.0 Å². The molecule has 11 heteroatoms. The predicted molar refractivity (Wildman–Crippen MR) is 91.1 cm³/mol. The summed E-state index contributed by atoms with van der Waals surface area (Å²) in [6.07, 6.45) is 4.50. The molecule has 11 nitrogen and oxygen atoms in total. The molecule has 0 aromatic carbocycles. The van der Waals surface area contributed by atoms with E-state index in [1.165, 1.54) is 6.33 Å². The standard InChI is InChI=1S/C14H12N8O3.CH4/c23-9-5-17-10-11(19-6-20-13(10)21-9)14(24)18-4-7-3-8(22-25-7)12-15-1-2-16-12;/h1-3,6,17H,4-5H2,(H,15,16)(H,18,24)(H,19,20,21,23);1H4. The van der Waals surface area contributed by atoms with Gasteiger partial charge in [0.2, 0.25) is 5.91 Å². The number of carbonyl (C=O) groups is 2. The fraction of sp³-hybridized carbons (Fsp3) is 0.200. The second-order valence-electron chi connectivity index (χ2n) is 5.15. The van der Waals surface area contributed by atoms with E-state index in [9.17, 15) is 9.59 Å². The summed E-state index contributed by atoms with van der Waals surface area (Å²) in [5.41, 5.74) is 1.06. The predicted octanol–water partition coefficient (Wildman–Crippen LogP) is 0.785. The lowest BCUT2D eigenvalue weighted by Crippen LogP contribution is -2.32. The quantitative estimate of drug-likeness (QED) is 0.535. The van der Waals surface area contributed by atoms with Crippen LogP contribution in [0.5, 0.6) is 0 Å². The smallest absolute Gasteiger partial charge is 0.272 e. The minimum absolute atomic E-state index is 0. The molecule has 4 N–H and O–H groups in total. The van der Waals surface area contributed by atoms with Crippen molar-refractivity contribution in [3.63, 3.8) is 0 Å². The number of aromatic amines is 1. The molecule has 134 valence electrons. The molecule has 1 aliphatic rings. The first-order valence-electron chi connectivity index (χ1n) is 7.33. The number of hydrogen-bond acceptors (Lipinski definition) is 8. The minimum Gasteiger partial charge on any atom is -0.371 e. The van der Waals surface area contributed by atoms with Crippen molar-refractivity contribution >= 4 is 23.3 Å². The van der Waals surface area contributed by atoms with Gasteiger partial charge >= 0.3 is 0 Å². The monoisotopic (exact) mass is 356 g/mol. The topological polar surface area (TPSA) is 151 Å². The molecule has 0 saturated carbocycles. The Bertz CT molecular complexity index is 934. The van der Waals surface area contributed by atoms with Crippen molar-refractivity contribution in [1.82, 2.24) is 30.4 Å². The van der Waals surface area contributed by atoms with Gasteiger partial charge < -0.3 is 25.5 Å². The van der Waals surface area contributed by atoms with Gasteiger partial charge in [0, 0.05) is 18.5 Å². The summed E-state index contributed by atoms with van der Waals surface area (Å²) in [7, 11) is 0. The molecule has 4 rings (SSSR count). The summed E-state index contributed by atoms with van der Waals surface area (Å²) in [5, 5.41) is 12.0. The van der Waals surface area contributed by atoms with Gasteiger partial charge in [-0.3, -0.25) is 9.59 Å². The zero-order valence-electron chi connectivity index (χ0n) is 12.7. The third kappa shape index (κ3) is 3.22. The molecule has 0 fully saturated rings. The summed E-state index contributed by atoms with van der Waals surface area (Å²) < 4.78 is 5.17. The Hall–Kier alpha value is -3.76. The number of amides is 2. The summed E-state index contributed by atoms with van der Waals surface area (Å²) >= 11 is 0. The minimum atomic E-state index is -0.432. The maximum absolute atomic E-state index is 12.4. The summed E-state index contributed by atoms with van der Waals surface area (Å²) in [4.78, 5) is 38.6. The SMILES string of the molecule is C.O=C1CNc2c(ncnc2C(=O)NCc2cc(-c3ncc[nH]3)no2)N1. The second-order valence-corrected chi connectivity index (χ2v) is 5.15. The van der Waals surface area contributed by atoms with Gasteiger partial charge in [0.05, 0.1) is 13.1 Å². The van der Waals surface area contributed by atoms with Crippen molar-refractivity contribution in [2.75, 3.05) is 17.2 Å². The van der Waals surface area contributed by atoms with Crippen molar-refractivity contribution in [3.8, 4) is 11.5 Å². The van der Waals surface area contributed by atoms with Crippen LogP contribution in [0, 0.1) is 0 Å². The number of H-pyrrole nitrogens is 1. The van der Waals surface area contributed by atoms with E-state index < -0.39 is 5.91 Å². The number of rotatable bonds is 4. The van der Waals surface area contributed by atoms with E-state index in [4.69, 9.17) is 4.52 Å². The highest BCUT2D eigenvalue weighted by Crippen LogP contribution is 2.24. The normalized spacial score (nSPS) is 12.4. The maximum Gasteiger partial charge on any atom is 0.272 e. The van der Waals surface area contributed by atoms with Crippen LogP contribution in [0.3, 0.4) is 0 Å². The first kappa shape index (κ1) is 17.1. The van der Waals surface area contributed by atoms with Crippen LogP contribution in [0.1, 0.15) is 23.7 Å². The Balaban J connectivity index is 0.00000196. The molecule has 26 heavy (non-hydrogen) atoms. The number of nitrogens with zero attached hydrogens (tertiary/aromatic N) is 4. The largest absolute Gasteiger partial charge is 0.371 e. The van der Waals surface area contributed by atoms with Gasteiger partial charge in [-0.05, 0) is 0 Å². The van der Waals surface area contributed by atoms with E-state index in [-0.39, 0.29) is 37.9 Å². The number of nitrogens with one attached hydrogen (secondary N) is 4. The van der Waals surface area contributed by atoms with Crippen molar-refractivity contribution < 1.29 is 14.1 Å². The third-order valence-corrected chi connectivity index (χ3v) is 3.47. The van der Waals surface area contributed by atoms with Crippen molar-refractivity contribution in [2.45, 2.75) is 14.0 Å². The zero-order chi connectivity index (χ0) is 17.2. The van der Waals surface area contributed by atoms with E-state index in [2.05, 4.69) is 41.0 Å². The van der Waals surface area contributed by atoms with E-state index in [1.807, 2.05) is 0 Å². The lowest BCUT2D eigenvalue weighted by Gasteiger charge is -2.19. The zero-order valence-corrected chi connectivity index (χ0v) is 12.7. The Morgan fingerprint density at radius 1 is 1.31 bits per heavy atom. The van der Waals surface area contributed by atoms with Gasteiger partial charge in [-0.15, -0.1) is 0 Å². The molecule has 4 heterocycles. The number of fused-ring (bicyclic) bond motifs is 1. The van der Waals surface area contributed by atoms with Crippen LogP contribution < -0.4 is 16.0 Å². The van der Waals surface area contributed by atoms with Gasteiger partial charge in [-0.1, -0.05) is 12.6 Å². The number of hydrogen-bond donors (Lipinski definition) is 4. The molecule has 2 amide bonds. The fourth-order valence-electron chi connectivity index (χ4n) is 2.33. The van der Waals surface area contributed by atoms with Crippen LogP contribution in [0.2, 0.25) is 0 Å². The highest BCUT2D eigenvalue weighted by Gasteiger charge is 2.23. The lowest BCUT2D eigenvalue weighted by molar-refractivity contribution is -0.114. The molecule has 0 unspecified atom stereocenters.